The van der Waals surface area contributed by atoms with Crippen LogP contribution in [-0.4, -0.2) is 6.09 Å². The topological polar surface area (TPSA) is 52.2 Å². The lowest BCUT2D eigenvalue weighted by Gasteiger charge is -2.05. The number of amides is 1. The molecule has 90 valence electrons. The minimum absolute atomic E-state index is 0.506. The Morgan fingerprint density at radius 2 is 1.44 bits per heavy atom. The largest absolute Gasteiger partial charge is 0.530 e. The van der Waals surface area contributed by atoms with Crippen LogP contribution in [-0.2, 0) is 0 Å². The van der Waals surface area contributed by atoms with Crippen molar-refractivity contribution in [2.45, 2.75) is 0 Å². The van der Waals surface area contributed by atoms with Gasteiger partial charge >= 0.3 is 0 Å². The molecule has 0 fully saturated rings. The van der Waals surface area contributed by atoms with E-state index in [1.54, 1.807) is 12.1 Å². The monoisotopic (exact) mass is 238 g/mol. The van der Waals surface area contributed by atoms with Gasteiger partial charge in [-0.2, -0.15) is 0 Å². The lowest BCUT2D eigenvalue weighted by atomic mass is 10.1. The molecule has 18 heavy (non-hydrogen) atoms. The van der Waals surface area contributed by atoms with E-state index in [2.05, 4.69) is 5.32 Å². The van der Waals surface area contributed by atoms with Crippen molar-refractivity contribution < 1.29 is 9.90 Å². The number of carboxylic acid groups (broad SMARTS) is 1. The van der Waals surface area contributed by atoms with Gasteiger partial charge in [-0.3, -0.25) is 0 Å². The lowest BCUT2D eigenvalue weighted by Crippen LogP contribution is -2.28. The molecular weight excluding hydrogens is 226 g/mol. The van der Waals surface area contributed by atoms with Crippen LogP contribution in [0.15, 0.2) is 54.6 Å². The van der Waals surface area contributed by atoms with Gasteiger partial charge in [-0.25, -0.2) is 0 Å². The molecule has 0 spiro atoms. The minimum atomic E-state index is -1.30. The summed E-state index contributed by atoms with van der Waals surface area (Å²) in [5.41, 5.74) is 2.63. The van der Waals surface area contributed by atoms with Crippen LogP contribution in [0, 0.1) is 0 Å². The van der Waals surface area contributed by atoms with E-state index in [1.807, 2.05) is 54.6 Å². The van der Waals surface area contributed by atoms with Crippen LogP contribution < -0.4 is 10.4 Å². The summed E-state index contributed by atoms with van der Waals surface area (Å²) in [6, 6.07) is 17.0. The van der Waals surface area contributed by atoms with E-state index in [9.17, 15) is 9.90 Å². The van der Waals surface area contributed by atoms with Gasteiger partial charge in [-0.1, -0.05) is 54.6 Å². The lowest BCUT2D eigenvalue weighted by molar-refractivity contribution is -0.242. The zero-order valence-corrected chi connectivity index (χ0v) is 9.67. The molecular formula is C15H12NO2-. The Morgan fingerprint density at radius 1 is 0.889 bits per heavy atom. The second-order valence-electron chi connectivity index (χ2n) is 3.78. The molecule has 0 radical (unpaired) electrons. The van der Waals surface area contributed by atoms with E-state index in [-0.39, 0.29) is 0 Å². The molecule has 1 amide bonds. The number of carbonyl (C=O) groups is 1. The number of carbonyl (C=O) groups excluding carboxylic acids is 1. The maximum absolute atomic E-state index is 10.3. The summed E-state index contributed by atoms with van der Waals surface area (Å²) in [7, 11) is 0. The molecule has 1 N–H and O–H groups in total. The molecule has 0 atom stereocenters. The highest BCUT2D eigenvalue weighted by Crippen LogP contribution is 2.12. The number of rotatable bonds is 3. The Labute approximate surface area is 105 Å². The molecule has 0 aliphatic rings. The number of nitrogens with one attached hydrogen (secondary N) is 1. The van der Waals surface area contributed by atoms with E-state index in [4.69, 9.17) is 0 Å². The molecule has 0 bridgehead atoms. The number of hydrogen-bond donors (Lipinski definition) is 1. The Kier molecular flexibility index (Phi) is 3.76. The van der Waals surface area contributed by atoms with Crippen LogP contribution in [0.4, 0.5) is 10.5 Å². The molecule has 0 aromatic heterocycles. The molecule has 0 aliphatic carbocycles. The van der Waals surface area contributed by atoms with Crippen LogP contribution >= 0.6 is 0 Å². The van der Waals surface area contributed by atoms with Crippen LogP contribution in [0.3, 0.4) is 0 Å². The standard InChI is InChI=1S/C15H13NO2/c17-15(18)16-14-10-8-13(9-11-14)7-6-12-4-2-1-3-5-12/h1-11,16H,(H,17,18)/p-1/b7-6+. The molecule has 0 unspecified atom stereocenters. The van der Waals surface area contributed by atoms with Gasteiger partial charge in [0.2, 0.25) is 0 Å². The average Bonchev–Trinajstić information content (AvgIpc) is 2.38. The molecule has 0 aliphatic heterocycles. The van der Waals surface area contributed by atoms with Gasteiger partial charge in [-0.05, 0) is 23.3 Å². The maximum Gasteiger partial charge on any atom is 0.138 e. The van der Waals surface area contributed by atoms with Gasteiger partial charge in [0.05, 0.1) is 0 Å². The Morgan fingerprint density at radius 3 is 2.00 bits per heavy atom. The van der Waals surface area contributed by atoms with Crippen molar-refractivity contribution in [2.24, 2.45) is 0 Å². The SMILES string of the molecule is O=C([O-])Nc1ccc(/C=C/c2ccccc2)cc1. The fourth-order valence-corrected chi connectivity index (χ4v) is 1.55. The first kappa shape index (κ1) is 11.9. The van der Waals surface area contributed by atoms with Crippen molar-refractivity contribution in [2.75, 3.05) is 5.32 Å². The molecule has 0 saturated carbocycles. The maximum atomic E-state index is 10.3. The molecule has 3 heteroatoms. The minimum Gasteiger partial charge on any atom is -0.530 e. The summed E-state index contributed by atoms with van der Waals surface area (Å²) in [5.74, 6) is 0. The summed E-state index contributed by atoms with van der Waals surface area (Å²) in [6.07, 6.45) is 2.67. The molecule has 3 nitrogen and oxygen atoms in total. The zero-order valence-electron chi connectivity index (χ0n) is 9.67. The van der Waals surface area contributed by atoms with Crippen molar-refractivity contribution in [1.29, 1.82) is 0 Å². The van der Waals surface area contributed by atoms with Crippen molar-refractivity contribution in [3.63, 3.8) is 0 Å². The third-order valence-corrected chi connectivity index (χ3v) is 2.42. The van der Waals surface area contributed by atoms with E-state index in [0.29, 0.717) is 5.69 Å². The molecule has 0 heterocycles. The van der Waals surface area contributed by atoms with Crippen LogP contribution in [0.2, 0.25) is 0 Å². The highest BCUT2D eigenvalue weighted by atomic mass is 16.4. The molecule has 2 rings (SSSR count). The van der Waals surface area contributed by atoms with E-state index < -0.39 is 6.09 Å². The van der Waals surface area contributed by atoms with Gasteiger partial charge < -0.3 is 15.2 Å². The predicted molar refractivity (Wildman–Crippen MR) is 70.8 cm³/mol. The normalized spacial score (nSPS) is 10.4. The smallest absolute Gasteiger partial charge is 0.138 e. The number of benzene rings is 2. The first-order valence-corrected chi connectivity index (χ1v) is 5.55. The Bertz CT molecular complexity index is 544. The quantitative estimate of drug-likeness (QED) is 0.835. The van der Waals surface area contributed by atoms with Gasteiger partial charge in [0.15, 0.2) is 0 Å². The summed E-state index contributed by atoms with van der Waals surface area (Å²) >= 11 is 0. The van der Waals surface area contributed by atoms with E-state index in [1.165, 1.54) is 0 Å². The third kappa shape index (κ3) is 3.49. The van der Waals surface area contributed by atoms with Gasteiger partial charge in [0, 0.05) is 5.69 Å². The van der Waals surface area contributed by atoms with Gasteiger partial charge in [0.1, 0.15) is 6.09 Å². The summed E-state index contributed by atoms with van der Waals surface area (Å²) < 4.78 is 0. The summed E-state index contributed by atoms with van der Waals surface area (Å²) in [6.45, 7) is 0. The first-order valence-electron chi connectivity index (χ1n) is 5.55. The van der Waals surface area contributed by atoms with E-state index in [0.717, 1.165) is 11.1 Å². The zero-order chi connectivity index (χ0) is 12.8. The first-order chi connectivity index (χ1) is 8.74. The Balaban J connectivity index is 2.06. The second-order valence-corrected chi connectivity index (χ2v) is 3.78. The van der Waals surface area contributed by atoms with Crippen molar-refractivity contribution in [1.82, 2.24) is 0 Å². The Hall–Kier alpha value is -2.55. The molecule has 2 aromatic carbocycles. The average molecular weight is 238 g/mol. The number of anilines is 1. The van der Waals surface area contributed by atoms with Gasteiger partial charge in [-0.15, -0.1) is 0 Å². The van der Waals surface area contributed by atoms with Crippen LogP contribution in [0.5, 0.6) is 0 Å². The van der Waals surface area contributed by atoms with Gasteiger partial charge in [0.25, 0.3) is 0 Å². The van der Waals surface area contributed by atoms with Crippen molar-refractivity contribution in [3.05, 3.63) is 65.7 Å². The predicted octanol–water partition coefficient (Wildman–Crippen LogP) is 2.61. The summed E-state index contributed by atoms with van der Waals surface area (Å²) in [5, 5.41) is 12.5. The molecule has 0 saturated heterocycles. The van der Waals surface area contributed by atoms with E-state index >= 15 is 0 Å². The highest BCUT2D eigenvalue weighted by Gasteiger charge is 1.91. The number of hydrogen-bond acceptors (Lipinski definition) is 2. The van der Waals surface area contributed by atoms with Crippen LogP contribution in [0.1, 0.15) is 11.1 Å². The second kappa shape index (κ2) is 5.68. The van der Waals surface area contributed by atoms with Crippen molar-refractivity contribution >= 4 is 23.9 Å². The fourth-order valence-electron chi connectivity index (χ4n) is 1.55. The van der Waals surface area contributed by atoms with Crippen molar-refractivity contribution in [3.8, 4) is 0 Å². The highest BCUT2D eigenvalue weighted by molar-refractivity contribution is 5.81. The molecule has 2 aromatic rings. The van der Waals surface area contributed by atoms with Crippen LogP contribution in [0.25, 0.3) is 12.2 Å². The third-order valence-electron chi connectivity index (χ3n) is 2.42. The fraction of sp³-hybridized carbons (Fsp3) is 0. The summed E-state index contributed by atoms with van der Waals surface area (Å²) in [4.78, 5) is 10.3.